The summed E-state index contributed by atoms with van der Waals surface area (Å²) in [5.74, 6) is 0.332. The van der Waals surface area contributed by atoms with Gasteiger partial charge in [-0.2, -0.15) is 4.98 Å². The lowest BCUT2D eigenvalue weighted by Crippen LogP contribution is -2.36. The number of hydrogen-bond donors (Lipinski definition) is 1. The molecule has 132 valence electrons. The normalized spacial score (nSPS) is 16.1. The maximum absolute atomic E-state index is 13.0. The Morgan fingerprint density at radius 2 is 1.85 bits per heavy atom. The molecule has 1 fully saturated rings. The Labute approximate surface area is 150 Å². The maximum Gasteiger partial charge on any atom is 0.249 e. The Hall–Kier alpha value is -3.02. The molecule has 1 aliphatic carbocycles. The molecule has 0 bridgehead atoms. The summed E-state index contributed by atoms with van der Waals surface area (Å²) in [6.07, 6.45) is 1.67. The van der Waals surface area contributed by atoms with Gasteiger partial charge in [-0.05, 0) is 49.6 Å². The molecule has 1 atom stereocenters. The van der Waals surface area contributed by atoms with E-state index in [-0.39, 0.29) is 11.7 Å². The van der Waals surface area contributed by atoms with Gasteiger partial charge in [-0.3, -0.25) is 4.79 Å². The first-order valence-electron chi connectivity index (χ1n) is 8.54. The van der Waals surface area contributed by atoms with Crippen molar-refractivity contribution in [3.63, 3.8) is 0 Å². The number of carbonyl (C=O) groups excluding carboxylic acids is 1. The number of halogens is 1. The zero-order valence-electron chi connectivity index (χ0n) is 14.3. The van der Waals surface area contributed by atoms with E-state index in [1.165, 1.54) is 12.1 Å². The maximum atomic E-state index is 13.0. The first kappa shape index (κ1) is 16.4. The fourth-order valence-electron chi connectivity index (χ4n) is 3.05. The zero-order chi connectivity index (χ0) is 18.1. The highest BCUT2D eigenvalue weighted by atomic mass is 19.1. The fourth-order valence-corrected chi connectivity index (χ4v) is 3.05. The van der Waals surface area contributed by atoms with E-state index in [9.17, 15) is 9.18 Å². The first-order chi connectivity index (χ1) is 12.6. The second-order valence-electron chi connectivity index (χ2n) is 6.61. The summed E-state index contributed by atoms with van der Waals surface area (Å²) < 4.78 is 18.3. The molecule has 0 unspecified atom stereocenters. The standard InChI is InChI=1S/C20H18FN3O2/c1-13(18-23-17(24-26-18)14-7-9-16(21)10-8-14)22-19(25)20(11-12-20)15-5-3-2-4-6-15/h2-10,13H,11-12H2,1H3,(H,22,25)/t13-/m1/s1. The molecule has 4 rings (SSSR count). The number of nitrogens with one attached hydrogen (secondary N) is 1. The highest BCUT2D eigenvalue weighted by Gasteiger charge is 2.51. The van der Waals surface area contributed by atoms with Crippen LogP contribution < -0.4 is 5.32 Å². The summed E-state index contributed by atoms with van der Waals surface area (Å²) >= 11 is 0. The lowest BCUT2D eigenvalue weighted by Gasteiger charge is -2.18. The van der Waals surface area contributed by atoms with Crippen molar-refractivity contribution in [1.82, 2.24) is 15.5 Å². The summed E-state index contributed by atoms with van der Waals surface area (Å²) in [6, 6.07) is 15.2. The molecule has 1 aliphatic rings. The second kappa shape index (κ2) is 6.37. The van der Waals surface area contributed by atoms with Gasteiger partial charge in [0, 0.05) is 5.56 Å². The fraction of sp³-hybridized carbons (Fsp3) is 0.250. The molecule has 2 aromatic carbocycles. The van der Waals surface area contributed by atoms with Crippen molar-refractivity contribution in [3.05, 3.63) is 71.9 Å². The molecule has 5 nitrogen and oxygen atoms in total. The molecule has 0 spiro atoms. The van der Waals surface area contributed by atoms with Gasteiger partial charge < -0.3 is 9.84 Å². The van der Waals surface area contributed by atoms with Crippen LogP contribution in [0.1, 0.15) is 37.3 Å². The van der Waals surface area contributed by atoms with Crippen LogP contribution in [0.3, 0.4) is 0 Å². The molecular formula is C20H18FN3O2. The van der Waals surface area contributed by atoms with Crippen molar-refractivity contribution in [2.45, 2.75) is 31.2 Å². The van der Waals surface area contributed by atoms with E-state index in [0.29, 0.717) is 17.3 Å². The average Bonchev–Trinajstić information content (AvgIpc) is 3.33. The first-order valence-corrected chi connectivity index (χ1v) is 8.54. The third-order valence-electron chi connectivity index (χ3n) is 4.77. The Morgan fingerprint density at radius 1 is 1.15 bits per heavy atom. The van der Waals surface area contributed by atoms with E-state index in [4.69, 9.17) is 4.52 Å². The number of amides is 1. The molecule has 1 heterocycles. The summed E-state index contributed by atoms with van der Waals surface area (Å²) in [5.41, 5.74) is 1.24. The third kappa shape index (κ3) is 2.98. The molecule has 6 heteroatoms. The quantitative estimate of drug-likeness (QED) is 0.759. The van der Waals surface area contributed by atoms with Gasteiger partial charge >= 0.3 is 0 Å². The van der Waals surface area contributed by atoms with Crippen LogP contribution in [-0.4, -0.2) is 16.0 Å². The molecule has 0 saturated heterocycles. The average molecular weight is 351 g/mol. The topological polar surface area (TPSA) is 68.0 Å². The van der Waals surface area contributed by atoms with Crippen LogP contribution in [0.25, 0.3) is 11.4 Å². The van der Waals surface area contributed by atoms with Crippen LogP contribution in [-0.2, 0) is 10.2 Å². The Morgan fingerprint density at radius 3 is 2.50 bits per heavy atom. The summed E-state index contributed by atoms with van der Waals surface area (Å²) in [4.78, 5) is 17.1. The minimum absolute atomic E-state index is 0.0299. The number of rotatable bonds is 5. The van der Waals surface area contributed by atoms with Crippen LogP contribution in [0.2, 0.25) is 0 Å². The Bertz CT molecular complexity index is 918. The van der Waals surface area contributed by atoms with Gasteiger partial charge in [0.1, 0.15) is 11.9 Å². The molecule has 1 aromatic heterocycles. The number of benzene rings is 2. The van der Waals surface area contributed by atoms with Crippen molar-refractivity contribution in [3.8, 4) is 11.4 Å². The zero-order valence-corrected chi connectivity index (χ0v) is 14.3. The molecule has 1 saturated carbocycles. The lowest BCUT2D eigenvalue weighted by atomic mass is 9.95. The summed E-state index contributed by atoms with van der Waals surface area (Å²) in [7, 11) is 0. The minimum atomic E-state index is -0.449. The van der Waals surface area contributed by atoms with Crippen LogP contribution >= 0.6 is 0 Å². The smallest absolute Gasteiger partial charge is 0.249 e. The van der Waals surface area contributed by atoms with Crippen LogP contribution in [0.5, 0.6) is 0 Å². The number of carbonyl (C=O) groups is 1. The Kier molecular flexibility index (Phi) is 4.03. The van der Waals surface area contributed by atoms with Crippen LogP contribution in [0.15, 0.2) is 59.1 Å². The van der Waals surface area contributed by atoms with Crippen molar-refractivity contribution < 1.29 is 13.7 Å². The van der Waals surface area contributed by atoms with Crippen LogP contribution in [0, 0.1) is 5.82 Å². The highest BCUT2D eigenvalue weighted by molar-refractivity contribution is 5.91. The van der Waals surface area contributed by atoms with E-state index < -0.39 is 11.5 Å². The van der Waals surface area contributed by atoms with Gasteiger partial charge in [-0.1, -0.05) is 35.5 Å². The third-order valence-corrected chi connectivity index (χ3v) is 4.77. The van der Waals surface area contributed by atoms with Crippen molar-refractivity contribution in [1.29, 1.82) is 0 Å². The molecule has 0 aliphatic heterocycles. The molecule has 0 radical (unpaired) electrons. The molecule has 3 aromatic rings. The Balaban J connectivity index is 1.48. The molecule has 1 N–H and O–H groups in total. The largest absolute Gasteiger partial charge is 0.344 e. The highest BCUT2D eigenvalue weighted by Crippen LogP contribution is 2.48. The minimum Gasteiger partial charge on any atom is -0.344 e. The van der Waals surface area contributed by atoms with Crippen LogP contribution in [0.4, 0.5) is 4.39 Å². The van der Waals surface area contributed by atoms with E-state index >= 15 is 0 Å². The van der Waals surface area contributed by atoms with Crippen molar-refractivity contribution in [2.24, 2.45) is 0 Å². The monoisotopic (exact) mass is 351 g/mol. The van der Waals surface area contributed by atoms with Gasteiger partial charge in [-0.15, -0.1) is 0 Å². The van der Waals surface area contributed by atoms with Crippen molar-refractivity contribution >= 4 is 5.91 Å². The summed E-state index contributed by atoms with van der Waals surface area (Å²) in [5, 5.41) is 6.90. The van der Waals surface area contributed by atoms with E-state index in [1.807, 2.05) is 30.3 Å². The van der Waals surface area contributed by atoms with Gasteiger partial charge in [0.15, 0.2) is 0 Å². The van der Waals surface area contributed by atoms with E-state index in [2.05, 4.69) is 15.5 Å². The number of nitrogens with zero attached hydrogens (tertiary/aromatic N) is 2. The van der Waals surface area contributed by atoms with E-state index in [1.54, 1.807) is 19.1 Å². The van der Waals surface area contributed by atoms with Gasteiger partial charge in [0.25, 0.3) is 0 Å². The molecular weight excluding hydrogens is 333 g/mol. The number of hydrogen-bond acceptors (Lipinski definition) is 4. The van der Waals surface area contributed by atoms with Crippen molar-refractivity contribution in [2.75, 3.05) is 0 Å². The van der Waals surface area contributed by atoms with Gasteiger partial charge in [-0.25, -0.2) is 4.39 Å². The number of aromatic nitrogens is 2. The lowest BCUT2D eigenvalue weighted by molar-refractivity contribution is -0.124. The summed E-state index contributed by atoms with van der Waals surface area (Å²) in [6.45, 7) is 1.81. The molecule has 26 heavy (non-hydrogen) atoms. The second-order valence-corrected chi connectivity index (χ2v) is 6.61. The van der Waals surface area contributed by atoms with E-state index in [0.717, 1.165) is 18.4 Å². The molecule has 1 amide bonds. The predicted molar refractivity (Wildman–Crippen MR) is 93.6 cm³/mol. The predicted octanol–water partition coefficient (Wildman–Crippen LogP) is 3.78. The van der Waals surface area contributed by atoms with Gasteiger partial charge in [0.2, 0.25) is 17.6 Å². The SMILES string of the molecule is C[C@@H](NC(=O)C1(c2ccccc2)CC1)c1nc(-c2ccc(F)cc2)no1. The van der Waals surface area contributed by atoms with Gasteiger partial charge in [0.05, 0.1) is 5.41 Å².